The molecule has 0 aromatic heterocycles. The Balaban J connectivity index is 2.98. The summed E-state index contributed by atoms with van der Waals surface area (Å²) < 4.78 is 38.2. The first-order valence-electron chi connectivity index (χ1n) is 7.94. The summed E-state index contributed by atoms with van der Waals surface area (Å²) in [7, 11) is -3.74. The molecule has 1 amide bonds. The van der Waals surface area contributed by atoms with Crippen LogP contribution in [0.15, 0.2) is 0 Å². The maximum atomic E-state index is 12.5. The van der Waals surface area contributed by atoms with Gasteiger partial charge >= 0.3 is 12.1 Å². The molecule has 0 bridgehead atoms. The second kappa shape index (κ2) is 7.46. The van der Waals surface area contributed by atoms with E-state index in [1.807, 2.05) is 0 Å². The molecule has 146 valence electrons. The third-order valence-corrected chi connectivity index (χ3v) is 3.37. The zero-order valence-corrected chi connectivity index (χ0v) is 16.7. The van der Waals surface area contributed by atoms with Crippen LogP contribution >= 0.6 is 0 Å². The van der Waals surface area contributed by atoms with Gasteiger partial charge in [-0.2, -0.15) is 17.8 Å². The maximum absolute atomic E-state index is 12.5. The number of hydrogen-bond acceptors (Lipinski definition) is 8. The first kappa shape index (κ1) is 21.7. The van der Waals surface area contributed by atoms with Crippen molar-refractivity contribution in [3.8, 4) is 0 Å². The number of hydroxylamine groups is 2. The number of esters is 1. The van der Waals surface area contributed by atoms with E-state index >= 15 is 0 Å². The van der Waals surface area contributed by atoms with Crippen LogP contribution in [0.2, 0.25) is 0 Å². The zero-order chi connectivity index (χ0) is 19.6. The number of carbonyl (C=O) groups is 2. The average Bonchev–Trinajstić information content (AvgIpc) is 2.32. The Bertz CT molecular complexity index is 604. The van der Waals surface area contributed by atoms with Crippen LogP contribution in [0.3, 0.4) is 0 Å². The molecule has 1 unspecified atom stereocenters. The summed E-state index contributed by atoms with van der Waals surface area (Å²) in [6.45, 7) is 10.3. The minimum atomic E-state index is -3.74. The number of nitrogens with zero attached hydrogens (tertiary/aromatic N) is 2. The maximum Gasteiger partial charge on any atom is 0.411 e. The number of carbonyl (C=O) groups excluding carboxylic acids is 2. The van der Waals surface area contributed by atoms with Gasteiger partial charge in [0.15, 0.2) is 0 Å². The van der Waals surface area contributed by atoms with Crippen molar-refractivity contribution in [3.05, 3.63) is 0 Å². The summed E-state index contributed by atoms with van der Waals surface area (Å²) in [4.78, 5) is 26.1. The van der Waals surface area contributed by atoms with Gasteiger partial charge in [0.05, 0.1) is 12.8 Å². The second-order valence-electron chi connectivity index (χ2n) is 7.89. The third kappa shape index (κ3) is 8.02. The standard InChI is InChI=1S/C15H28N2O7S/c1-14(2,3)22-12(18)11-10-16(24-25(7,20)21)8-9-17(11)13(19)23-15(4,5)6/h11H,8-10H2,1-7H3. The van der Waals surface area contributed by atoms with Crippen molar-refractivity contribution < 1.29 is 31.8 Å². The Labute approximate surface area is 149 Å². The van der Waals surface area contributed by atoms with Gasteiger partial charge in [0.1, 0.15) is 17.2 Å². The molecule has 0 aromatic rings. The van der Waals surface area contributed by atoms with Gasteiger partial charge in [0.2, 0.25) is 0 Å². The van der Waals surface area contributed by atoms with Crippen molar-refractivity contribution >= 4 is 22.2 Å². The SMILES string of the molecule is CC(C)(C)OC(=O)C1CN(OS(C)(=O)=O)CCN1C(=O)OC(C)(C)C. The fourth-order valence-corrected chi connectivity index (χ4v) is 2.65. The molecule has 10 heteroatoms. The summed E-state index contributed by atoms with van der Waals surface area (Å²) in [5.41, 5.74) is -1.48. The smallest absolute Gasteiger partial charge is 0.411 e. The Hall–Kier alpha value is -1.39. The predicted octanol–water partition coefficient (Wildman–Crippen LogP) is 1.14. The van der Waals surface area contributed by atoms with Crippen molar-refractivity contribution in [2.45, 2.75) is 58.8 Å². The van der Waals surface area contributed by atoms with Crippen LogP contribution in [-0.4, -0.2) is 73.6 Å². The lowest BCUT2D eigenvalue weighted by atomic mass is 10.1. The quantitative estimate of drug-likeness (QED) is 0.672. The molecule has 0 saturated carbocycles. The molecule has 1 aliphatic heterocycles. The highest BCUT2D eigenvalue weighted by Gasteiger charge is 2.41. The summed E-state index contributed by atoms with van der Waals surface area (Å²) in [5.74, 6) is -0.653. The van der Waals surface area contributed by atoms with E-state index in [0.717, 1.165) is 11.3 Å². The summed E-state index contributed by atoms with van der Waals surface area (Å²) >= 11 is 0. The Morgan fingerprint density at radius 3 is 1.92 bits per heavy atom. The lowest BCUT2D eigenvalue weighted by Gasteiger charge is -2.39. The first-order valence-corrected chi connectivity index (χ1v) is 9.76. The molecule has 0 aromatic carbocycles. The molecule has 25 heavy (non-hydrogen) atoms. The molecule has 1 fully saturated rings. The van der Waals surface area contributed by atoms with Crippen LogP contribution in [0.1, 0.15) is 41.5 Å². The van der Waals surface area contributed by atoms with E-state index in [4.69, 9.17) is 13.8 Å². The van der Waals surface area contributed by atoms with Crippen LogP contribution in [-0.2, 0) is 28.7 Å². The van der Waals surface area contributed by atoms with Crippen molar-refractivity contribution in [3.63, 3.8) is 0 Å². The van der Waals surface area contributed by atoms with E-state index < -0.39 is 39.4 Å². The lowest BCUT2D eigenvalue weighted by molar-refractivity contribution is -0.171. The van der Waals surface area contributed by atoms with Crippen LogP contribution in [0.5, 0.6) is 0 Å². The van der Waals surface area contributed by atoms with Gasteiger partial charge in [-0.15, -0.1) is 0 Å². The zero-order valence-electron chi connectivity index (χ0n) is 15.9. The molecular formula is C15H28N2O7S. The van der Waals surface area contributed by atoms with E-state index in [0.29, 0.717) is 0 Å². The summed E-state index contributed by atoms with van der Waals surface area (Å²) in [5, 5.41) is 1.13. The van der Waals surface area contributed by atoms with E-state index in [-0.39, 0.29) is 19.6 Å². The van der Waals surface area contributed by atoms with Crippen molar-refractivity contribution in [2.24, 2.45) is 0 Å². The number of ether oxygens (including phenoxy) is 2. The fourth-order valence-electron chi connectivity index (χ4n) is 2.13. The fraction of sp³-hybridized carbons (Fsp3) is 0.867. The number of amides is 1. The topological polar surface area (TPSA) is 102 Å². The highest BCUT2D eigenvalue weighted by molar-refractivity contribution is 7.85. The highest BCUT2D eigenvalue weighted by atomic mass is 32.2. The number of rotatable bonds is 3. The Morgan fingerprint density at radius 1 is 0.960 bits per heavy atom. The van der Waals surface area contributed by atoms with Crippen LogP contribution in [0.25, 0.3) is 0 Å². The van der Waals surface area contributed by atoms with Gasteiger partial charge in [-0.05, 0) is 41.5 Å². The summed E-state index contributed by atoms with van der Waals surface area (Å²) in [6.07, 6.45) is 0.248. The average molecular weight is 380 g/mol. The van der Waals surface area contributed by atoms with Crippen molar-refractivity contribution in [1.29, 1.82) is 0 Å². The van der Waals surface area contributed by atoms with E-state index in [9.17, 15) is 18.0 Å². The highest BCUT2D eigenvalue weighted by Crippen LogP contribution is 2.20. The molecule has 9 nitrogen and oxygen atoms in total. The van der Waals surface area contributed by atoms with Gasteiger partial charge in [-0.1, -0.05) is 0 Å². The minimum Gasteiger partial charge on any atom is -0.458 e. The van der Waals surface area contributed by atoms with Crippen LogP contribution in [0.4, 0.5) is 4.79 Å². The third-order valence-electron chi connectivity index (χ3n) is 2.89. The number of hydrogen-bond donors (Lipinski definition) is 0. The van der Waals surface area contributed by atoms with Crippen molar-refractivity contribution in [1.82, 2.24) is 9.96 Å². The molecule has 0 spiro atoms. The minimum absolute atomic E-state index is 0.0638. The van der Waals surface area contributed by atoms with Crippen LogP contribution in [0, 0.1) is 0 Å². The number of piperazine rings is 1. The molecular weight excluding hydrogens is 352 g/mol. The van der Waals surface area contributed by atoms with E-state index in [2.05, 4.69) is 0 Å². The Morgan fingerprint density at radius 2 is 1.48 bits per heavy atom. The van der Waals surface area contributed by atoms with Gasteiger partial charge in [-0.25, -0.2) is 9.59 Å². The molecule has 0 radical (unpaired) electrons. The largest absolute Gasteiger partial charge is 0.458 e. The molecule has 1 heterocycles. The lowest BCUT2D eigenvalue weighted by Crippen LogP contribution is -2.60. The Kier molecular flexibility index (Phi) is 6.47. The summed E-state index contributed by atoms with van der Waals surface area (Å²) in [6, 6.07) is -1.04. The van der Waals surface area contributed by atoms with Gasteiger partial charge < -0.3 is 9.47 Å². The van der Waals surface area contributed by atoms with Crippen LogP contribution < -0.4 is 0 Å². The van der Waals surface area contributed by atoms with E-state index in [1.165, 1.54) is 4.90 Å². The molecule has 1 aliphatic rings. The normalized spacial score (nSPS) is 20.3. The second-order valence-corrected chi connectivity index (χ2v) is 9.45. The monoisotopic (exact) mass is 380 g/mol. The molecule has 1 saturated heterocycles. The van der Waals surface area contributed by atoms with E-state index in [1.54, 1.807) is 41.5 Å². The molecule has 0 aliphatic carbocycles. The molecule has 1 rings (SSSR count). The molecule has 1 atom stereocenters. The first-order chi connectivity index (χ1) is 11.1. The predicted molar refractivity (Wildman–Crippen MR) is 90.1 cm³/mol. The molecule has 0 N–H and O–H groups in total. The van der Waals surface area contributed by atoms with Gasteiger partial charge in [-0.3, -0.25) is 4.90 Å². The van der Waals surface area contributed by atoms with Gasteiger partial charge in [0, 0.05) is 13.1 Å². The van der Waals surface area contributed by atoms with Crippen molar-refractivity contribution in [2.75, 3.05) is 25.9 Å². The van der Waals surface area contributed by atoms with Gasteiger partial charge in [0.25, 0.3) is 10.1 Å².